The maximum Gasteiger partial charge on any atom is 0.342 e. The van der Waals surface area contributed by atoms with E-state index in [1.807, 2.05) is 35.7 Å². The third-order valence-corrected chi connectivity index (χ3v) is 4.84. The SMILES string of the molecule is COc1ccc(C(=O)O[C@H](C)C(=O)Nc2nc(-c3ccccc3)cs2)c(OC)c1. The number of rotatable bonds is 7. The zero-order chi connectivity index (χ0) is 20.8. The predicted molar refractivity (Wildman–Crippen MR) is 111 cm³/mol. The molecule has 0 radical (unpaired) electrons. The fourth-order valence-electron chi connectivity index (χ4n) is 2.52. The Hall–Kier alpha value is -3.39. The molecular formula is C21H20N2O5S. The van der Waals surface area contributed by atoms with Gasteiger partial charge < -0.3 is 14.2 Å². The minimum absolute atomic E-state index is 0.202. The minimum atomic E-state index is -1.02. The number of aromatic nitrogens is 1. The van der Waals surface area contributed by atoms with Gasteiger partial charge in [0.1, 0.15) is 17.1 Å². The summed E-state index contributed by atoms with van der Waals surface area (Å²) in [5, 5.41) is 4.96. The lowest BCUT2D eigenvalue weighted by atomic mass is 10.2. The molecule has 1 N–H and O–H groups in total. The number of ether oxygens (including phenoxy) is 3. The molecule has 0 unspecified atom stereocenters. The Morgan fingerprint density at radius 1 is 1.07 bits per heavy atom. The summed E-state index contributed by atoms with van der Waals surface area (Å²) in [6.07, 6.45) is -1.02. The van der Waals surface area contributed by atoms with Crippen molar-refractivity contribution in [1.82, 2.24) is 4.98 Å². The highest BCUT2D eigenvalue weighted by molar-refractivity contribution is 7.14. The fraction of sp³-hybridized carbons (Fsp3) is 0.190. The molecule has 0 saturated carbocycles. The normalized spacial score (nSPS) is 11.4. The quantitative estimate of drug-likeness (QED) is 0.590. The lowest BCUT2D eigenvalue weighted by Gasteiger charge is -2.14. The number of nitrogens with zero attached hydrogens (tertiary/aromatic N) is 1. The second-order valence-electron chi connectivity index (χ2n) is 6.01. The van der Waals surface area contributed by atoms with E-state index in [1.54, 1.807) is 12.1 Å². The molecule has 29 heavy (non-hydrogen) atoms. The van der Waals surface area contributed by atoms with E-state index in [0.717, 1.165) is 11.3 Å². The summed E-state index contributed by atoms with van der Waals surface area (Å²) < 4.78 is 15.6. The minimum Gasteiger partial charge on any atom is -0.497 e. The van der Waals surface area contributed by atoms with Crippen molar-refractivity contribution >= 4 is 28.3 Å². The number of benzene rings is 2. The van der Waals surface area contributed by atoms with E-state index in [1.165, 1.54) is 38.5 Å². The lowest BCUT2D eigenvalue weighted by molar-refractivity contribution is -0.123. The van der Waals surface area contributed by atoms with Gasteiger partial charge in [0, 0.05) is 17.0 Å². The van der Waals surface area contributed by atoms with Crippen molar-refractivity contribution in [1.29, 1.82) is 0 Å². The van der Waals surface area contributed by atoms with Crippen molar-refractivity contribution in [2.24, 2.45) is 0 Å². The molecule has 0 bridgehead atoms. The molecule has 0 spiro atoms. The molecule has 1 atom stereocenters. The first kappa shape index (κ1) is 20.3. The van der Waals surface area contributed by atoms with Crippen LogP contribution in [0, 0.1) is 0 Å². The van der Waals surface area contributed by atoms with E-state index >= 15 is 0 Å². The molecule has 0 saturated heterocycles. The van der Waals surface area contributed by atoms with Gasteiger partial charge in [-0.3, -0.25) is 10.1 Å². The van der Waals surface area contributed by atoms with E-state index in [0.29, 0.717) is 16.6 Å². The van der Waals surface area contributed by atoms with Crippen LogP contribution in [0.5, 0.6) is 11.5 Å². The molecular weight excluding hydrogens is 392 g/mol. The van der Waals surface area contributed by atoms with Crippen molar-refractivity contribution in [3.8, 4) is 22.8 Å². The Bertz CT molecular complexity index is 1000. The smallest absolute Gasteiger partial charge is 0.342 e. The third-order valence-electron chi connectivity index (χ3n) is 4.09. The Morgan fingerprint density at radius 3 is 2.52 bits per heavy atom. The van der Waals surface area contributed by atoms with Gasteiger partial charge in [0.2, 0.25) is 0 Å². The van der Waals surface area contributed by atoms with Crippen LogP contribution in [0.1, 0.15) is 17.3 Å². The summed E-state index contributed by atoms with van der Waals surface area (Å²) in [6, 6.07) is 14.3. The molecule has 0 aliphatic rings. The number of thiazole rings is 1. The van der Waals surface area contributed by atoms with Crippen LogP contribution in [0.3, 0.4) is 0 Å². The van der Waals surface area contributed by atoms with Crippen LogP contribution in [0.25, 0.3) is 11.3 Å². The summed E-state index contributed by atoms with van der Waals surface area (Å²) >= 11 is 1.30. The van der Waals surface area contributed by atoms with Crippen molar-refractivity contribution in [2.75, 3.05) is 19.5 Å². The first-order valence-electron chi connectivity index (χ1n) is 8.76. The number of nitrogens with one attached hydrogen (secondary N) is 1. The van der Waals surface area contributed by atoms with Gasteiger partial charge in [-0.05, 0) is 19.1 Å². The number of hydrogen-bond acceptors (Lipinski definition) is 7. The maximum atomic E-state index is 12.4. The van der Waals surface area contributed by atoms with Gasteiger partial charge in [-0.2, -0.15) is 0 Å². The molecule has 3 aromatic rings. The van der Waals surface area contributed by atoms with Crippen molar-refractivity contribution in [2.45, 2.75) is 13.0 Å². The van der Waals surface area contributed by atoms with E-state index in [2.05, 4.69) is 10.3 Å². The fourth-order valence-corrected chi connectivity index (χ4v) is 3.25. The van der Waals surface area contributed by atoms with Crippen LogP contribution in [-0.4, -0.2) is 37.2 Å². The van der Waals surface area contributed by atoms with Crippen molar-refractivity contribution < 1.29 is 23.8 Å². The van der Waals surface area contributed by atoms with Gasteiger partial charge >= 0.3 is 5.97 Å². The standard InChI is InChI=1S/C21H20N2O5S/c1-13(28-20(25)16-10-9-15(26-2)11-18(16)27-3)19(24)23-21-22-17(12-29-21)14-7-5-4-6-8-14/h4-13H,1-3H3,(H,22,23,24)/t13-/m1/s1. The van der Waals surface area contributed by atoms with Gasteiger partial charge in [-0.25, -0.2) is 9.78 Å². The zero-order valence-electron chi connectivity index (χ0n) is 16.2. The molecule has 7 nitrogen and oxygen atoms in total. The second kappa shape index (κ2) is 9.20. The summed E-state index contributed by atoms with van der Waals surface area (Å²) in [4.78, 5) is 29.3. The van der Waals surface area contributed by atoms with E-state index in [4.69, 9.17) is 14.2 Å². The summed E-state index contributed by atoms with van der Waals surface area (Å²) in [5.41, 5.74) is 1.92. The molecule has 2 aromatic carbocycles. The first-order chi connectivity index (χ1) is 14.0. The van der Waals surface area contributed by atoms with Crippen LogP contribution < -0.4 is 14.8 Å². The largest absolute Gasteiger partial charge is 0.497 e. The molecule has 0 aliphatic carbocycles. The van der Waals surface area contributed by atoms with Gasteiger partial charge in [-0.1, -0.05) is 30.3 Å². The van der Waals surface area contributed by atoms with Crippen LogP contribution >= 0.6 is 11.3 Å². The predicted octanol–water partition coefficient (Wildman–Crippen LogP) is 4.01. The molecule has 1 aromatic heterocycles. The topological polar surface area (TPSA) is 86.8 Å². The summed E-state index contributed by atoms with van der Waals surface area (Å²) in [7, 11) is 2.95. The Balaban J connectivity index is 1.64. The molecule has 1 heterocycles. The Morgan fingerprint density at radius 2 is 1.83 bits per heavy atom. The van der Waals surface area contributed by atoms with Gasteiger partial charge in [-0.15, -0.1) is 11.3 Å². The van der Waals surface area contributed by atoms with Crippen molar-refractivity contribution in [3.05, 3.63) is 59.5 Å². The van der Waals surface area contributed by atoms with Gasteiger partial charge in [0.05, 0.1) is 19.9 Å². The van der Waals surface area contributed by atoms with Gasteiger partial charge in [0.25, 0.3) is 5.91 Å². The number of carbonyl (C=O) groups is 2. The van der Waals surface area contributed by atoms with E-state index in [-0.39, 0.29) is 5.56 Å². The number of anilines is 1. The molecule has 8 heteroatoms. The average Bonchev–Trinajstić information content (AvgIpc) is 3.22. The Labute approximate surface area is 172 Å². The zero-order valence-corrected chi connectivity index (χ0v) is 17.0. The van der Waals surface area contributed by atoms with Crippen molar-refractivity contribution in [3.63, 3.8) is 0 Å². The molecule has 1 amide bonds. The van der Waals surface area contributed by atoms with E-state index < -0.39 is 18.0 Å². The number of hydrogen-bond donors (Lipinski definition) is 1. The summed E-state index contributed by atoms with van der Waals surface area (Å²) in [5.74, 6) is -0.298. The third kappa shape index (κ3) is 4.91. The molecule has 0 fully saturated rings. The monoisotopic (exact) mass is 412 g/mol. The second-order valence-corrected chi connectivity index (χ2v) is 6.87. The van der Waals surface area contributed by atoms with Crippen LogP contribution in [-0.2, 0) is 9.53 Å². The number of carbonyl (C=O) groups excluding carboxylic acids is 2. The van der Waals surface area contributed by atoms with Gasteiger partial charge in [0.15, 0.2) is 11.2 Å². The number of amides is 1. The van der Waals surface area contributed by atoms with Crippen LogP contribution in [0.4, 0.5) is 5.13 Å². The summed E-state index contributed by atoms with van der Waals surface area (Å²) in [6.45, 7) is 1.49. The number of methoxy groups -OCH3 is 2. The highest BCUT2D eigenvalue weighted by Gasteiger charge is 2.22. The molecule has 3 rings (SSSR count). The average molecular weight is 412 g/mol. The Kier molecular flexibility index (Phi) is 6.46. The van der Waals surface area contributed by atoms with Crippen LogP contribution in [0.2, 0.25) is 0 Å². The maximum absolute atomic E-state index is 12.4. The first-order valence-corrected chi connectivity index (χ1v) is 9.64. The highest BCUT2D eigenvalue weighted by Crippen LogP contribution is 2.26. The van der Waals surface area contributed by atoms with E-state index in [9.17, 15) is 9.59 Å². The highest BCUT2D eigenvalue weighted by atomic mass is 32.1. The lowest BCUT2D eigenvalue weighted by Crippen LogP contribution is -2.30. The molecule has 0 aliphatic heterocycles. The van der Waals surface area contributed by atoms with Crippen LogP contribution in [0.15, 0.2) is 53.9 Å². The molecule has 150 valence electrons. The number of esters is 1.